The predicted molar refractivity (Wildman–Crippen MR) is 61.3 cm³/mol. The minimum Gasteiger partial charge on any atom is -0.480 e. The van der Waals surface area contributed by atoms with Gasteiger partial charge >= 0.3 is 5.97 Å². The van der Waals surface area contributed by atoms with Crippen LogP contribution in [0.15, 0.2) is 30.3 Å². The van der Waals surface area contributed by atoms with E-state index in [1.807, 2.05) is 30.3 Å². The second-order valence-corrected chi connectivity index (χ2v) is 3.59. The van der Waals surface area contributed by atoms with Crippen molar-refractivity contribution in [2.45, 2.75) is 19.6 Å². The normalized spacial score (nSPS) is 11.8. The molecule has 0 saturated carbocycles. The molecule has 2 N–H and O–H groups in total. The molecular formula is C12H15NO4. The zero-order valence-electron chi connectivity index (χ0n) is 9.55. The number of benzene rings is 1. The molecule has 0 radical (unpaired) electrons. The summed E-state index contributed by atoms with van der Waals surface area (Å²) in [6, 6.07) is 8.40. The molecule has 92 valence electrons. The Morgan fingerprint density at radius 2 is 2.00 bits per heavy atom. The van der Waals surface area contributed by atoms with E-state index in [0.717, 1.165) is 5.56 Å². The first-order valence-electron chi connectivity index (χ1n) is 5.21. The Bertz CT molecular complexity index is 377. The van der Waals surface area contributed by atoms with Crippen LogP contribution >= 0.6 is 0 Å². The third-order valence-electron chi connectivity index (χ3n) is 2.07. The van der Waals surface area contributed by atoms with Crippen LogP contribution < -0.4 is 5.32 Å². The number of hydrogen-bond donors (Lipinski definition) is 2. The minimum absolute atomic E-state index is 0.0518. The molecule has 1 atom stereocenters. The number of hydrogen-bond acceptors (Lipinski definition) is 3. The lowest BCUT2D eigenvalue weighted by molar-refractivity contribution is -0.143. The summed E-state index contributed by atoms with van der Waals surface area (Å²) < 4.78 is 5.25. The van der Waals surface area contributed by atoms with Crippen LogP contribution in [0.25, 0.3) is 0 Å². The van der Waals surface area contributed by atoms with E-state index < -0.39 is 12.0 Å². The van der Waals surface area contributed by atoms with E-state index in [0.29, 0.717) is 6.61 Å². The maximum absolute atomic E-state index is 10.8. The first-order valence-corrected chi connectivity index (χ1v) is 5.21. The van der Waals surface area contributed by atoms with E-state index in [1.54, 1.807) is 0 Å². The van der Waals surface area contributed by atoms with Gasteiger partial charge < -0.3 is 15.2 Å². The average Bonchev–Trinajstić information content (AvgIpc) is 2.28. The van der Waals surface area contributed by atoms with Gasteiger partial charge in [0.15, 0.2) is 6.04 Å². The van der Waals surface area contributed by atoms with Crippen molar-refractivity contribution in [3.05, 3.63) is 35.9 Å². The molecule has 17 heavy (non-hydrogen) atoms. The lowest BCUT2D eigenvalue weighted by atomic mass is 10.2. The Balaban J connectivity index is 2.37. The van der Waals surface area contributed by atoms with Crippen molar-refractivity contribution < 1.29 is 19.4 Å². The van der Waals surface area contributed by atoms with Gasteiger partial charge in [0, 0.05) is 6.92 Å². The summed E-state index contributed by atoms with van der Waals surface area (Å²) in [7, 11) is 0. The van der Waals surface area contributed by atoms with E-state index in [4.69, 9.17) is 9.84 Å². The van der Waals surface area contributed by atoms with Crippen molar-refractivity contribution in [1.29, 1.82) is 0 Å². The molecule has 1 unspecified atom stereocenters. The lowest BCUT2D eigenvalue weighted by Crippen LogP contribution is -2.42. The fraction of sp³-hybridized carbons (Fsp3) is 0.333. The molecule has 0 aromatic heterocycles. The molecule has 0 spiro atoms. The van der Waals surface area contributed by atoms with Gasteiger partial charge in [-0.25, -0.2) is 4.79 Å². The van der Waals surface area contributed by atoms with Crippen LogP contribution in [0, 0.1) is 0 Å². The van der Waals surface area contributed by atoms with Gasteiger partial charge in [-0.3, -0.25) is 4.79 Å². The smallest absolute Gasteiger partial charge is 0.328 e. The van der Waals surface area contributed by atoms with Crippen LogP contribution in [0.2, 0.25) is 0 Å². The molecule has 1 amide bonds. The fourth-order valence-electron chi connectivity index (χ4n) is 1.29. The Kier molecular flexibility index (Phi) is 5.16. The number of amides is 1. The first kappa shape index (κ1) is 13.2. The van der Waals surface area contributed by atoms with E-state index in [-0.39, 0.29) is 12.5 Å². The second-order valence-electron chi connectivity index (χ2n) is 3.59. The highest BCUT2D eigenvalue weighted by atomic mass is 16.5. The van der Waals surface area contributed by atoms with Gasteiger partial charge in [-0.2, -0.15) is 0 Å². The number of carboxylic acids is 1. The summed E-state index contributed by atoms with van der Waals surface area (Å²) in [6.45, 7) is 1.54. The zero-order chi connectivity index (χ0) is 12.7. The highest BCUT2D eigenvalue weighted by Crippen LogP contribution is 2.01. The van der Waals surface area contributed by atoms with Gasteiger partial charge in [-0.15, -0.1) is 0 Å². The summed E-state index contributed by atoms with van der Waals surface area (Å²) in [5, 5.41) is 11.1. The maximum Gasteiger partial charge on any atom is 0.328 e. The molecule has 0 heterocycles. The molecule has 0 aliphatic rings. The predicted octanol–water partition coefficient (Wildman–Crippen LogP) is 0.792. The first-order chi connectivity index (χ1) is 8.09. The van der Waals surface area contributed by atoms with Crippen molar-refractivity contribution in [2.24, 2.45) is 0 Å². The molecule has 1 aromatic carbocycles. The Hall–Kier alpha value is -1.88. The van der Waals surface area contributed by atoms with Gasteiger partial charge in [0.05, 0.1) is 13.2 Å². The van der Waals surface area contributed by atoms with Crippen LogP contribution in [0.3, 0.4) is 0 Å². The number of carboxylic acid groups (broad SMARTS) is 1. The SMILES string of the molecule is CC(=O)NC(COCc1ccccc1)C(=O)O. The summed E-state index contributed by atoms with van der Waals surface area (Å²) in [5.74, 6) is -1.49. The molecule has 0 aliphatic heterocycles. The molecule has 5 nitrogen and oxygen atoms in total. The van der Waals surface area contributed by atoms with E-state index in [1.165, 1.54) is 6.92 Å². The van der Waals surface area contributed by atoms with E-state index >= 15 is 0 Å². The van der Waals surface area contributed by atoms with Gasteiger partial charge in [-0.1, -0.05) is 30.3 Å². The number of carbonyl (C=O) groups excluding carboxylic acids is 1. The molecule has 1 aromatic rings. The largest absolute Gasteiger partial charge is 0.480 e. The number of rotatable bonds is 6. The summed E-state index contributed by atoms with van der Waals surface area (Å²) in [5.41, 5.74) is 0.958. The van der Waals surface area contributed by atoms with Crippen molar-refractivity contribution in [3.8, 4) is 0 Å². The second kappa shape index (κ2) is 6.65. The third-order valence-corrected chi connectivity index (χ3v) is 2.07. The topological polar surface area (TPSA) is 75.6 Å². The molecule has 0 bridgehead atoms. The molecule has 0 aliphatic carbocycles. The highest BCUT2D eigenvalue weighted by Gasteiger charge is 2.18. The van der Waals surface area contributed by atoms with E-state index in [2.05, 4.69) is 5.32 Å². The summed E-state index contributed by atoms with van der Waals surface area (Å²) in [4.78, 5) is 21.5. The van der Waals surface area contributed by atoms with Crippen LogP contribution in [-0.4, -0.2) is 29.6 Å². The minimum atomic E-state index is -1.10. The van der Waals surface area contributed by atoms with Crippen molar-refractivity contribution in [3.63, 3.8) is 0 Å². The Morgan fingerprint density at radius 3 is 2.53 bits per heavy atom. The van der Waals surface area contributed by atoms with Crippen LogP contribution in [-0.2, 0) is 20.9 Å². The zero-order valence-corrected chi connectivity index (χ0v) is 9.55. The van der Waals surface area contributed by atoms with Crippen LogP contribution in [0.5, 0.6) is 0 Å². The monoisotopic (exact) mass is 237 g/mol. The Labute approximate surface area is 99.4 Å². The molecular weight excluding hydrogens is 222 g/mol. The molecule has 5 heteroatoms. The highest BCUT2D eigenvalue weighted by molar-refractivity contribution is 5.82. The Morgan fingerprint density at radius 1 is 1.35 bits per heavy atom. The molecule has 1 rings (SSSR count). The summed E-state index contributed by atoms with van der Waals surface area (Å²) >= 11 is 0. The summed E-state index contributed by atoms with van der Waals surface area (Å²) in [6.07, 6.45) is 0. The van der Waals surface area contributed by atoms with Gasteiger partial charge in [-0.05, 0) is 5.56 Å². The van der Waals surface area contributed by atoms with Gasteiger partial charge in [0.25, 0.3) is 0 Å². The molecule has 0 saturated heterocycles. The van der Waals surface area contributed by atoms with Crippen LogP contribution in [0.1, 0.15) is 12.5 Å². The van der Waals surface area contributed by atoms with Crippen LogP contribution in [0.4, 0.5) is 0 Å². The van der Waals surface area contributed by atoms with Crippen molar-refractivity contribution >= 4 is 11.9 Å². The quantitative estimate of drug-likeness (QED) is 0.767. The van der Waals surface area contributed by atoms with Crippen molar-refractivity contribution in [2.75, 3.05) is 6.61 Å². The van der Waals surface area contributed by atoms with Crippen molar-refractivity contribution in [1.82, 2.24) is 5.32 Å². The standard InChI is InChI=1S/C12H15NO4/c1-9(14)13-11(12(15)16)8-17-7-10-5-3-2-4-6-10/h2-6,11H,7-8H2,1H3,(H,13,14)(H,15,16). The third kappa shape index (κ3) is 5.12. The van der Waals surface area contributed by atoms with Gasteiger partial charge in [0.1, 0.15) is 0 Å². The number of aliphatic carboxylic acids is 1. The average molecular weight is 237 g/mol. The van der Waals surface area contributed by atoms with Gasteiger partial charge in [0.2, 0.25) is 5.91 Å². The lowest BCUT2D eigenvalue weighted by Gasteiger charge is -2.13. The maximum atomic E-state index is 10.8. The molecule has 0 fully saturated rings. The van der Waals surface area contributed by atoms with E-state index in [9.17, 15) is 9.59 Å². The number of nitrogens with one attached hydrogen (secondary N) is 1. The number of carbonyl (C=O) groups is 2. The number of ether oxygens (including phenoxy) is 1. The fourth-order valence-corrected chi connectivity index (χ4v) is 1.29.